The number of carbonyl (C=O) groups excluding carboxylic acids is 1. The van der Waals surface area contributed by atoms with Crippen molar-refractivity contribution in [3.63, 3.8) is 0 Å². The Morgan fingerprint density at radius 2 is 1.96 bits per heavy atom. The summed E-state index contributed by atoms with van der Waals surface area (Å²) >= 11 is 0. The van der Waals surface area contributed by atoms with Crippen LogP contribution in [0.1, 0.15) is 6.42 Å². The molecule has 2 amide bonds. The molecule has 0 bridgehead atoms. The number of nitrogens with one attached hydrogen (secondary N) is 1. The third-order valence-corrected chi connectivity index (χ3v) is 5.65. The highest BCUT2D eigenvalue weighted by Gasteiger charge is 2.34. The SMILES string of the molecule is CN(C)CCN(C(=O)NCOc1ccccc1)C1CCS(=O)(=O)C1. The minimum Gasteiger partial charge on any atom is -0.473 e. The zero-order valence-electron chi connectivity index (χ0n) is 14.1. The number of amides is 2. The summed E-state index contributed by atoms with van der Waals surface area (Å²) in [7, 11) is 0.791. The van der Waals surface area contributed by atoms with Crippen LogP contribution in [0, 0.1) is 0 Å². The molecule has 1 aliphatic rings. The van der Waals surface area contributed by atoms with E-state index in [1.807, 2.05) is 37.2 Å². The fraction of sp³-hybridized carbons (Fsp3) is 0.562. The smallest absolute Gasteiger partial charge is 0.320 e. The van der Waals surface area contributed by atoms with E-state index in [0.717, 1.165) is 0 Å². The number of sulfone groups is 1. The molecule has 1 unspecified atom stereocenters. The maximum Gasteiger partial charge on any atom is 0.320 e. The molecule has 1 heterocycles. The van der Waals surface area contributed by atoms with Crippen LogP contribution in [0.2, 0.25) is 0 Å². The van der Waals surface area contributed by atoms with Crippen LogP contribution in [0.25, 0.3) is 0 Å². The molecule has 1 N–H and O–H groups in total. The molecule has 24 heavy (non-hydrogen) atoms. The minimum atomic E-state index is -3.04. The Bertz CT molecular complexity index is 634. The van der Waals surface area contributed by atoms with E-state index in [1.54, 1.807) is 17.0 Å². The molecule has 0 aliphatic carbocycles. The van der Waals surface area contributed by atoms with Crippen LogP contribution in [0.3, 0.4) is 0 Å². The first-order valence-electron chi connectivity index (χ1n) is 7.95. The topological polar surface area (TPSA) is 79.0 Å². The van der Waals surface area contributed by atoms with Crippen molar-refractivity contribution in [2.75, 3.05) is 45.4 Å². The lowest BCUT2D eigenvalue weighted by atomic mass is 10.2. The van der Waals surface area contributed by atoms with Gasteiger partial charge in [-0.05, 0) is 32.6 Å². The fourth-order valence-corrected chi connectivity index (χ4v) is 4.31. The van der Waals surface area contributed by atoms with Crippen molar-refractivity contribution >= 4 is 15.9 Å². The zero-order valence-corrected chi connectivity index (χ0v) is 15.0. The van der Waals surface area contributed by atoms with Crippen LogP contribution in [0.5, 0.6) is 5.75 Å². The number of ether oxygens (including phenoxy) is 1. The number of nitrogens with zero attached hydrogens (tertiary/aromatic N) is 2. The normalized spacial score (nSPS) is 19.2. The summed E-state index contributed by atoms with van der Waals surface area (Å²) in [6.07, 6.45) is 0.489. The first-order valence-corrected chi connectivity index (χ1v) is 9.77. The van der Waals surface area contributed by atoms with E-state index in [1.165, 1.54) is 0 Å². The van der Waals surface area contributed by atoms with Gasteiger partial charge in [-0.25, -0.2) is 13.2 Å². The zero-order chi connectivity index (χ0) is 17.6. The molecule has 2 rings (SSSR count). The quantitative estimate of drug-likeness (QED) is 0.732. The second-order valence-corrected chi connectivity index (χ2v) is 8.37. The lowest BCUT2D eigenvalue weighted by molar-refractivity contribution is 0.162. The Balaban J connectivity index is 1.91. The van der Waals surface area contributed by atoms with Gasteiger partial charge in [0.2, 0.25) is 0 Å². The van der Waals surface area contributed by atoms with E-state index < -0.39 is 9.84 Å². The Hall–Kier alpha value is -1.80. The molecule has 134 valence electrons. The molecule has 0 aromatic heterocycles. The maximum atomic E-state index is 12.5. The highest BCUT2D eigenvalue weighted by Crippen LogP contribution is 2.18. The first kappa shape index (κ1) is 18.5. The molecular formula is C16H25N3O4S. The van der Waals surface area contributed by atoms with Crippen molar-refractivity contribution in [1.29, 1.82) is 0 Å². The maximum absolute atomic E-state index is 12.5. The summed E-state index contributed by atoms with van der Waals surface area (Å²) in [5.74, 6) is 0.846. The van der Waals surface area contributed by atoms with E-state index >= 15 is 0 Å². The monoisotopic (exact) mass is 355 g/mol. The Morgan fingerprint density at radius 1 is 1.25 bits per heavy atom. The Kier molecular flexibility index (Phi) is 6.44. The number of likely N-dealkylation sites (N-methyl/N-ethyl adjacent to an activating group) is 1. The largest absolute Gasteiger partial charge is 0.473 e. The van der Waals surface area contributed by atoms with Crippen molar-refractivity contribution < 1.29 is 17.9 Å². The highest BCUT2D eigenvalue weighted by molar-refractivity contribution is 7.91. The second-order valence-electron chi connectivity index (χ2n) is 6.14. The van der Waals surface area contributed by atoms with Crippen LogP contribution < -0.4 is 10.1 Å². The Labute approximate surface area is 143 Å². The minimum absolute atomic E-state index is 0.0351. The molecule has 7 nitrogen and oxygen atoms in total. The first-order chi connectivity index (χ1) is 11.4. The van der Waals surface area contributed by atoms with Gasteiger partial charge in [0, 0.05) is 19.1 Å². The summed E-state index contributed by atoms with van der Waals surface area (Å²) < 4.78 is 28.9. The lowest BCUT2D eigenvalue weighted by Crippen LogP contribution is -2.49. The number of para-hydroxylation sites is 1. The van der Waals surface area contributed by atoms with Gasteiger partial charge in [-0.1, -0.05) is 18.2 Å². The number of hydrogen-bond donors (Lipinski definition) is 1. The van der Waals surface area contributed by atoms with Gasteiger partial charge in [0.15, 0.2) is 16.6 Å². The van der Waals surface area contributed by atoms with Crippen molar-refractivity contribution in [3.8, 4) is 5.75 Å². The van der Waals surface area contributed by atoms with Crippen LogP contribution in [0.15, 0.2) is 30.3 Å². The summed E-state index contributed by atoms with van der Waals surface area (Å²) in [4.78, 5) is 16.0. The van der Waals surface area contributed by atoms with Gasteiger partial charge in [0.05, 0.1) is 11.5 Å². The summed E-state index contributed by atoms with van der Waals surface area (Å²) in [6.45, 7) is 1.19. The average Bonchev–Trinajstić information content (AvgIpc) is 2.88. The van der Waals surface area contributed by atoms with Crippen LogP contribution in [-0.2, 0) is 9.84 Å². The average molecular weight is 355 g/mol. The Morgan fingerprint density at radius 3 is 2.54 bits per heavy atom. The van der Waals surface area contributed by atoms with Crippen molar-refractivity contribution in [3.05, 3.63) is 30.3 Å². The standard InChI is InChI=1S/C16H25N3O4S/c1-18(2)9-10-19(14-8-11-24(21,22)12-14)16(20)17-13-23-15-6-4-3-5-7-15/h3-7,14H,8-13H2,1-2H3,(H,17,20). The van der Waals surface area contributed by atoms with Crippen molar-refractivity contribution in [2.24, 2.45) is 0 Å². The van der Waals surface area contributed by atoms with Crippen LogP contribution in [0.4, 0.5) is 4.79 Å². The van der Waals surface area contributed by atoms with E-state index in [2.05, 4.69) is 5.32 Å². The highest BCUT2D eigenvalue weighted by atomic mass is 32.2. The summed E-state index contributed by atoms with van der Waals surface area (Å²) in [6, 6.07) is 8.63. The molecular weight excluding hydrogens is 330 g/mol. The molecule has 1 aromatic rings. The third-order valence-electron chi connectivity index (χ3n) is 3.90. The molecule has 1 aromatic carbocycles. The lowest BCUT2D eigenvalue weighted by Gasteiger charge is -2.29. The van der Waals surface area contributed by atoms with E-state index in [4.69, 9.17) is 4.74 Å². The number of benzene rings is 1. The molecule has 0 spiro atoms. The van der Waals surface area contributed by atoms with Gasteiger partial charge < -0.3 is 19.9 Å². The van der Waals surface area contributed by atoms with Gasteiger partial charge in [0.25, 0.3) is 0 Å². The molecule has 1 fully saturated rings. The molecule has 1 saturated heterocycles. The molecule has 0 radical (unpaired) electrons. The van der Waals surface area contributed by atoms with Crippen LogP contribution >= 0.6 is 0 Å². The van der Waals surface area contributed by atoms with Gasteiger partial charge in [-0.3, -0.25) is 0 Å². The van der Waals surface area contributed by atoms with E-state index in [9.17, 15) is 13.2 Å². The van der Waals surface area contributed by atoms with E-state index in [0.29, 0.717) is 25.3 Å². The molecule has 1 aliphatic heterocycles. The van der Waals surface area contributed by atoms with Gasteiger partial charge >= 0.3 is 6.03 Å². The summed E-state index contributed by atoms with van der Waals surface area (Å²) in [5, 5.41) is 2.71. The number of carbonyl (C=O) groups is 1. The second kappa shape index (κ2) is 8.34. The van der Waals surface area contributed by atoms with Crippen LogP contribution in [-0.4, -0.2) is 75.7 Å². The van der Waals surface area contributed by atoms with Crippen molar-refractivity contribution in [2.45, 2.75) is 12.5 Å². The molecule has 8 heteroatoms. The number of rotatable bonds is 7. The molecule has 0 saturated carbocycles. The van der Waals surface area contributed by atoms with Gasteiger partial charge in [0.1, 0.15) is 5.75 Å². The molecule has 1 atom stereocenters. The van der Waals surface area contributed by atoms with Crippen molar-refractivity contribution in [1.82, 2.24) is 15.1 Å². The van der Waals surface area contributed by atoms with Gasteiger partial charge in [-0.15, -0.1) is 0 Å². The predicted octanol–water partition coefficient (Wildman–Crippen LogP) is 0.783. The summed E-state index contributed by atoms with van der Waals surface area (Å²) in [5.41, 5.74) is 0. The van der Waals surface area contributed by atoms with E-state index in [-0.39, 0.29) is 30.3 Å². The number of hydrogen-bond acceptors (Lipinski definition) is 5. The number of urea groups is 1. The van der Waals surface area contributed by atoms with Gasteiger partial charge in [-0.2, -0.15) is 0 Å². The predicted molar refractivity (Wildman–Crippen MR) is 92.8 cm³/mol. The third kappa shape index (κ3) is 5.68. The fourth-order valence-electron chi connectivity index (χ4n) is 2.58.